The molecule has 128 valence electrons. The summed E-state index contributed by atoms with van der Waals surface area (Å²) in [7, 11) is 0.756. The van der Waals surface area contributed by atoms with Crippen LogP contribution in [0.1, 0.15) is 28.7 Å². The molecule has 0 fully saturated rings. The Morgan fingerprint density at radius 3 is 2.33 bits per heavy atom. The summed E-state index contributed by atoms with van der Waals surface area (Å²) in [6, 6.07) is 13.6. The van der Waals surface area contributed by atoms with Crippen LogP contribution in [-0.4, -0.2) is 22.5 Å². The fraction of sp³-hybridized carbons (Fsp3) is 0.368. The van der Waals surface area contributed by atoms with Crippen molar-refractivity contribution in [3.8, 4) is 0 Å². The number of benzene rings is 2. The van der Waals surface area contributed by atoms with Gasteiger partial charge in [-0.2, -0.15) is 0 Å². The van der Waals surface area contributed by atoms with E-state index in [0.717, 1.165) is 31.4 Å². The highest BCUT2D eigenvalue weighted by molar-refractivity contribution is 7.89. The first-order valence-electron chi connectivity index (χ1n) is 8.42. The highest BCUT2D eigenvalue weighted by Crippen LogP contribution is 2.24. The van der Waals surface area contributed by atoms with Crippen molar-refractivity contribution in [3.63, 3.8) is 0 Å². The van der Waals surface area contributed by atoms with E-state index in [1.807, 2.05) is 24.3 Å². The third-order valence-corrected chi connectivity index (χ3v) is 5.83. The van der Waals surface area contributed by atoms with Gasteiger partial charge in [-0.1, -0.05) is 30.3 Å². The zero-order valence-corrected chi connectivity index (χ0v) is 15.1. The van der Waals surface area contributed by atoms with Gasteiger partial charge in [0.05, 0.1) is 19.0 Å². The summed E-state index contributed by atoms with van der Waals surface area (Å²) >= 11 is 0. The molecule has 2 N–H and O–H groups in total. The monoisotopic (exact) mass is 345 g/mol. The molecule has 5 heteroatoms. The number of hydrogen-bond donors (Lipinski definition) is 2. The molecule has 2 aromatic carbocycles. The summed E-state index contributed by atoms with van der Waals surface area (Å²) in [5.41, 5.74) is 4.68. The molecule has 0 amide bonds. The van der Waals surface area contributed by atoms with Gasteiger partial charge in [0.15, 0.2) is 0 Å². The molecule has 3 rings (SSSR count). The summed E-state index contributed by atoms with van der Waals surface area (Å²) in [4.78, 5) is 1.73. The Balaban J connectivity index is 1.67. The molecule has 0 saturated carbocycles. The first-order chi connectivity index (χ1) is 11.4. The van der Waals surface area contributed by atoms with Gasteiger partial charge in [0.1, 0.15) is 6.54 Å². The minimum absolute atomic E-state index is 0.314. The second-order valence-corrected chi connectivity index (χ2v) is 8.58. The lowest BCUT2D eigenvalue weighted by Gasteiger charge is -2.10. The Hall–Kier alpha value is -1.69. The Bertz CT molecular complexity index is 812. The van der Waals surface area contributed by atoms with Crippen molar-refractivity contribution >= 4 is 10.0 Å². The van der Waals surface area contributed by atoms with Crippen LogP contribution in [0.3, 0.4) is 0 Å². The second kappa shape index (κ2) is 7.05. The van der Waals surface area contributed by atoms with Gasteiger partial charge >= 0.3 is 0 Å². The van der Waals surface area contributed by atoms with Gasteiger partial charge in [-0.25, -0.2) is 13.1 Å². The molecular formula is C19H25N2O2S+. The van der Waals surface area contributed by atoms with Crippen LogP contribution >= 0.6 is 0 Å². The summed E-state index contributed by atoms with van der Waals surface area (Å²) in [5.74, 6) is 0. The van der Waals surface area contributed by atoms with Crippen LogP contribution in [0.15, 0.2) is 47.4 Å². The molecule has 2 aromatic rings. The van der Waals surface area contributed by atoms with Crippen molar-refractivity contribution in [1.29, 1.82) is 0 Å². The summed E-state index contributed by atoms with van der Waals surface area (Å²) in [6.45, 7) is 1.27. The van der Waals surface area contributed by atoms with E-state index in [9.17, 15) is 8.42 Å². The zero-order valence-electron chi connectivity index (χ0n) is 14.3. The molecule has 0 bridgehead atoms. The molecule has 0 heterocycles. The van der Waals surface area contributed by atoms with Crippen LogP contribution in [0.25, 0.3) is 0 Å². The third kappa shape index (κ3) is 4.04. The van der Waals surface area contributed by atoms with E-state index in [1.54, 1.807) is 6.07 Å². The molecule has 0 saturated heterocycles. The molecule has 0 aliphatic heterocycles. The van der Waals surface area contributed by atoms with Gasteiger partial charge < -0.3 is 4.90 Å². The molecule has 0 unspecified atom stereocenters. The van der Waals surface area contributed by atoms with E-state index >= 15 is 0 Å². The van der Waals surface area contributed by atoms with Gasteiger partial charge in [0.25, 0.3) is 0 Å². The number of fused-ring (bicyclic) bond motifs is 1. The molecule has 24 heavy (non-hydrogen) atoms. The standard InChI is InChI=1S/C19H24N2O2S/c1-21(2)14-16-8-6-15(7-9-16)13-20-24(22,23)19-11-10-17-4-3-5-18(17)12-19/h6-12,20H,3-5,13-14H2,1-2H3/p+1. The average Bonchev–Trinajstić information content (AvgIpc) is 3.01. The number of sulfonamides is 1. The first-order valence-corrected chi connectivity index (χ1v) is 9.91. The van der Waals surface area contributed by atoms with Crippen molar-refractivity contribution < 1.29 is 13.3 Å². The fourth-order valence-electron chi connectivity index (χ4n) is 3.16. The number of nitrogens with one attached hydrogen (secondary N) is 2. The van der Waals surface area contributed by atoms with E-state index in [1.165, 1.54) is 21.6 Å². The fourth-order valence-corrected chi connectivity index (χ4v) is 4.23. The van der Waals surface area contributed by atoms with E-state index in [4.69, 9.17) is 0 Å². The molecule has 1 aliphatic carbocycles. The Morgan fingerprint density at radius 1 is 0.958 bits per heavy atom. The van der Waals surface area contributed by atoms with E-state index < -0.39 is 10.0 Å². The highest BCUT2D eigenvalue weighted by Gasteiger charge is 2.18. The first kappa shape index (κ1) is 17.1. The van der Waals surface area contributed by atoms with E-state index in [2.05, 4.69) is 31.0 Å². The maximum absolute atomic E-state index is 12.5. The van der Waals surface area contributed by atoms with Crippen LogP contribution in [0.5, 0.6) is 0 Å². The van der Waals surface area contributed by atoms with Crippen LogP contribution in [0, 0.1) is 0 Å². The Labute approximate surface area is 144 Å². The molecule has 0 aromatic heterocycles. The minimum atomic E-state index is -3.46. The smallest absolute Gasteiger partial charge is 0.240 e. The molecule has 0 radical (unpaired) electrons. The maximum atomic E-state index is 12.5. The highest BCUT2D eigenvalue weighted by atomic mass is 32.2. The molecule has 1 aliphatic rings. The lowest BCUT2D eigenvalue weighted by Crippen LogP contribution is -3.04. The van der Waals surface area contributed by atoms with E-state index in [-0.39, 0.29) is 0 Å². The van der Waals surface area contributed by atoms with Gasteiger partial charge in [0.2, 0.25) is 10.0 Å². The topological polar surface area (TPSA) is 50.6 Å². The average molecular weight is 345 g/mol. The normalized spacial score (nSPS) is 14.1. The lowest BCUT2D eigenvalue weighted by atomic mass is 10.1. The predicted octanol–water partition coefficient (Wildman–Crippen LogP) is 1.30. The molecule has 4 nitrogen and oxygen atoms in total. The summed E-state index contributed by atoms with van der Waals surface area (Å²) in [6.07, 6.45) is 3.16. The van der Waals surface area contributed by atoms with Crippen LogP contribution in [0.4, 0.5) is 0 Å². The minimum Gasteiger partial charge on any atom is -0.336 e. The van der Waals surface area contributed by atoms with Gasteiger partial charge in [-0.05, 0) is 48.1 Å². The number of quaternary nitrogens is 1. The lowest BCUT2D eigenvalue weighted by molar-refractivity contribution is -0.872. The van der Waals surface area contributed by atoms with Crippen LogP contribution in [-0.2, 0) is 36.0 Å². The second-order valence-electron chi connectivity index (χ2n) is 6.81. The third-order valence-electron chi connectivity index (χ3n) is 4.43. The summed E-state index contributed by atoms with van der Waals surface area (Å²) in [5, 5.41) is 0. The molecular weight excluding hydrogens is 320 g/mol. The van der Waals surface area contributed by atoms with E-state index in [0.29, 0.717) is 11.4 Å². The SMILES string of the molecule is C[NH+](C)Cc1ccc(CNS(=O)(=O)c2ccc3c(c2)CCC3)cc1. The quantitative estimate of drug-likeness (QED) is 0.829. The zero-order chi connectivity index (χ0) is 17.2. The predicted molar refractivity (Wildman–Crippen MR) is 95.4 cm³/mol. The number of aryl methyl sites for hydroxylation is 2. The maximum Gasteiger partial charge on any atom is 0.240 e. The van der Waals surface area contributed by atoms with Gasteiger partial charge in [-0.15, -0.1) is 0 Å². The van der Waals surface area contributed by atoms with Crippen molar-refractivity contribution in [1.82, 2.24) is 4.72 Å². The number of rotatable bonds is 6. The Kier molecular flexibility index (Phi) is 5.04. The van der Waals surface area contributed by atoms with Crippen molar-refractivity contribution in [3.05, 3.63) is 64.7 Å². The van der Waals surface area contributed by atoms with Crippen molar-refractivity contribution in [2.24, 2.45) is 0 Å². The molecule has 0 atom stereocenters. The summed E-state index contributed by atoms with van der Waals surface area (Å²) < 4.78 is 27.7. The number of hydrogen-bond acceptors (Lipinski definition) is 2. The largest absolute Gasteiger partial charge is 0.336 e. The van der Waals surface area contributed by atoms with Gasteiger partial charge in [0, 0.05) is 12.1 Å². The van der Waals surface area contributed by atoms with Crippen LogP contribution in [0.2, 0.25) is 0 Å². The van der Waals surface area contributed by atoms with Crippen LogP contribution < -0.4 is 9.62 Å². The molecule has 0 spiro atoms. The van der Waals surface area contributed by atoms with Gasteiger partial charge in [-0.3, -0.25) is 0 Å². The van der Waals surface area contributed by atoms with Crippen molar-refractivity contribution in [2.75, 3.05) is 14.1 Å². The van der Waals surface area contributed by atoms with Crippen molar-refractivity contribution in [2.45, 2.75) is 37.2 Å². The Morgan fingerprint density at radius 2 is 1.62 bits per heavy atom.